The number of rotatable bonds is 11. The van der Waals surface area contributed by atoms with Crippen molar-refractivity contribution in [1.82, 2.24) is 10.6 Å². The molecule has 0 spiro atoms. The van der Waals surface area contributed by atoms with Gasteiger partial charge in [0.25, 0.3) is 0 Å². The van der Waals surface area contributed by atoms with Crippen molar-refractivity contribution in [3.8, 4) is 0 Å². The fourth-order valence-corrected chi connectivity index (χ4v) is 2.64. The summed E-state index contributed by atoms with van der Waals surface area (Å²) in [5.74, 6) is -0.383. The Labute approximate surface area is 194 Å². The van der Waals surface area contributed by atoms with Crippen LogP contribution in [0.5, 0.6) is 0 Å². The highest BCUT2D eigenvalue weighted by Crippen LogP contribution is 2.10. The molecule has 30 heavy (non-hydrogen) atoms. The lowest BCUT2D eigenvalue weighted by molar-refractivity contribution is 0.0453. The van der Waals surface area contributed by atoms with Gasteiger partial charge in [0.05, 0.1) is 26.4 Å². The topological polar surface area (TPSA) is 54.9 Å². The zero-order valence-corrected chi connectivity index (χ0v) is 19.7. The van der Waals surface area contributed by atoms with Crippen LogP contribution in [-0.4, -0.2) is 32.3 Å². The van der Waals surface area contributed by atoms with Gasteiger partial charge in [-0.15, -0.1) is 24.0 Å². The van der Waals surface area contributed by atoms with Gasteiger partial charge in [0.15, 0.2) is 5.96 Å². The van der Waals surface area contributed by atoms with Crippen molar-refractivity contribution in [2.75, 3.05) is 26.4 Å². The van der Waals surface area contributed by atoms with E-state index in [0.717, 1.165) is 23.3 Å². The first-order chi connectivity index (χ1) is 14.1. The van der Waals surface area contributed by atoms with E-state index in [-0.39, 0.29) is 36.1 Å². The quantitative estimate of drug-likeness (QED) is 0.195. The number of benzene rings is 2. The van der Waals surface area contributed by atoms with Crippen LogP contribution < -0.4 is 10.6 Å². The molecule has 0 radical (unpaired) electrons. The average Bonchev–Trinajstić information content (AvgIpc) is 2.72. The summed E-state index contributed by atoms with van der Waals surface area (Å²) in [4.78, 5) is 4.53. The third-order valence-electron chi connectivity index (χ3n) is 4.05. The fourth-order valence-electron chi connectivity index (χ4n) is 2.64. The van der Waals surface area contributed by atoms with Crippen LogP contribution in [0.2, 0.25) is 0 Å². The maximum absolute atomic E-state index is 13.8. The monoisotopic (exact) mass is 533 g/mol. The molecule has 8 heteroatoms. The van der Waals surface area contributed by atoms with Gasteiger partial charge in [0.2, 0.25) is 0 Å². The Kier molecular flexibility index (Phi) is 13.2. The molecule has 2 aromatic rings. The molecule has 0 aromatic heterocycles. The van der Waals surface area contributed by atoms with Crippen LogP contribution in [0.3, 0.4) is 0 Å². The third-order valence-corrected chi connectivity index (χ3v) is 4.05. The molecule has 5 nitrogen and oxygen atoms in total. The highest BCUT2D eigenvalue weighted by molar-refractivity contribution is 14.0. The van der Waals surface area contributed by atoms with Crippen molar-refractivity contribution in [2.24, 2.45) is 4.99 Å². The lowest BCUT2D eigenvalue weighted by atomic mass is 10.1. The molecular weight excluding hydrogens is 503 g/mol. The first kappa shape index (κ1) is 26.3. The molecule has 0 atom stereocenters. The van der Waals surface area contributed by atoms with Crippen molar-refractivity contribution in [3.63, 3.8) is 0 Å². The second kappa shape index (κ2) is 15.1. The second-order valence-corrected chi connectivity index (χ2v) is 6.35. The smallest absolute Gasteiger partial charge is 0.191 e. The number of aliphatic imine (C=N–C) groups is 1. The molecule has 0 heterocycles. The van der Waals surface area contributed by atoms with Crippen LogP contribution in [0.4, 0.5) is 8.78 Å². The predicted octanol–water partition coefficient (Wildman–Crippen LogP) is 4.39. The Morgan fingerprint density at radius 2 is 1.73 bits per heavy atom. The maximum Gasteiger partial charge on any atom is 0.191 e. The first-order valence-corrected chi connectivity index (χ1v) is 9.81. The largest absolute Gasteiger partial charge is 0.379 e. The van der Waals surface area contributed by atoms with Gasteiger partial charge in [-0.3, -0.25) is 0 Å². The number of guanidine groups is 1. The molecule has 0 bridgehead atoms. The zero-order valence-electron chi connectivity index (χ0n) is 17.4. The van der Waals surface area contributed by atoms with Gasteiger partial charge in [0, 0.05) is 25.3 Å². The number of ether oxygens (including phenoxy) is 2. The molecule has 2 N–H and O–H groups in total. The summed E-state index contributed by atoms with van der Waals surface area (Å²) in [6, 6.07) is 11.4. The van der Waals surface area contributed by atoms with E-state index in [9.17, 15) is 8.78 Å². The molecule has 2 aromatic carbocycles. The standard InChI is InChI=1S/C22H29F2N3O2.HI/c1-3-25-22(27-15-19-13-20(23)8-9-21(19)24)26-14-17-6-5-7-18(12-17)16-29-11-10-28-4-2;/h5-9,12-13H,3-4,10-11,14-16H2,1-2H3,(H2,25,26,27);1H. The molecular formula is C22H30F2IN3O2. The van der Waals surface area contributed by atoms with E-state index in [1.165, 1.54) is 6.07 Å². The average molecular weight is 533 g/mol. The molecule has 0 saturated carbocycles. The molecule has 2 rings (SSSR count). The highest BCUT2D eigenvalue weighted by Gasteiger charge is 2.05. The molecule has 0 amide bonds. The van der Waals surface area contributed by atoms with Gasteiger partial charge in [0.1, 0.15) is 11.6 Å². The Morgan fingerprint density at radius 3 is 2.50 bits per heavy atom. The lowest BCUT2D eigenvalue weighted by Gasteiger charge is -2.12. The predicted molar refractivity (Wildman–Crippen MR) is 126 cm³/mol. The van der Waals surface area contributed by atoms with Crippen molar-refractivity contribution < 1.29 is 18.3 Å². The molecule has 0 aliphatic rings. The number of halogens is 3. The second-order valence-electron chi connectivity index (χ2n) is 6.35. The zero-order chi connectivity index (χ0) is 20.9. The summed E-state index contributed by atoms with van der Waals surface area (Å²) < 4.78 is 38.0. The van der Waals surface area contributed by atoms with Gasteiger partial charge in [-0.1, -0.05) is 24.3 Å². The molecule has 0 aliphatic heterocycles. The molecule has 166 valence electrons. The van der Waals surface area contributed by atoms with Gasteiger partial charge in [-0.2, -0.15) is 0 Å². The molecule has 0 saturated heterocycles. The SMILES string of the molecule is CCNC(=NCc1cccc(COCCOCC)c1)NCc1cc(F)ccc1F.I. The van der Waals surface area contributed by atoms with E-state index >= 15 is 0 Å². The summed E-state index contributed by atoms with van der Waals surface area (Å²) in [5.41, 5.74) is 2.35. The fraction of sp³-hybridized carbons (Fsp3) is 0.409. The third kappa shape index (κ3) is 9.82. The summed E-state index contributed by atoms with van der Waals surface area (Å²) in [5, 5.41) is 6.15. The summed E-state index contributed by atoms with van der Waals surface area (Å²) in [6.07, 6.45) is 0. The van der Waals surface area contributed by atoms with E-state index in [4.69, 9.17) is 9.47 Å². The van der Waals surface area contributed by atoms with Crippen LogP contribution in [-0.2, 0) is 29.2 Å². The summed E-state index contributed by atoms with van der Waals surface area (Å²) in [7, 11) is 0. The summed E-state index contributed by atoms with van der Waals surface area (Å²) in [6.45, 7) is 7.50. The highest BCUT2D eigenvalue weighted by atomic mass is 127. The lowest BCUT2D eigenvalue weighted by Crippen LogP contribution is -2.37. The van der Waals surface area contributed by atoms with Crippen LogP contribution in [0.15, 0.2) is 47.5 Å². The maximum atomic E-state index is 13.8. The van der Waals surface area contributed by atoms with Crippen molar-refractivity contribution in [3.05, 3.63) is 70.8 Å². The summed E-state index contributed by atoms with van der Waals surface area (Å²) >= 11 is 0. The Bertz CT molecular complexity index is 791. The number of nitrogens with zero attached hydrogens (tertiary/aromatic N) is 1. The van der Waals surface area contributed by atoms with Crippen molar-refractivity contribution in [2.45, 2.75) is 33.5 Å². The van der Waals surface area contributed by atoms with E-state index < -0.39 is 11.6 Å². The Morgan fingerprint density at radius 1 is 0.967 bits per heavy atom. The number of hydrogen-bond acceptors (Lipinski definition) is 3. The first-order valence-electron chi connectivity index (χ1n) is 9.81. The molecule has 0 fully saturated rings. The van der Waals surface area contributed by atoms with Gasteiger partial charge in [-0.05, 0) is 43.2 Å². The molecule has 0 aliphatic carbocycles. The Balaban J connectivity index is 0.00000450. The number of nitrogens with one attached hydrogen (secondary N) is 2. The van der Waals surface area contributed by atoms with Crippen molar-refractivity contribution >= 4 is 29.9 Å². The van der Waals surface area contributed by atoms with E-state index in [2.05, 4.69) is 15.6 Å². The van der Waals surface area contributed by atoms with Crippen molar-refractivity contribution in [1.29, 1.82) is 0 Å². The van der Waals surface area contributed by atoms with E-state index in [0.29, 0.717) is 45.5 Å². The number of hydrogen-bond donors (Lipinski definition) is 2. The van der Waals surface area contributed by atoms with Crippen LogP contribution >= 0.6 is 24.0 Å². The van der Waals surface area contributed by atoms with E-state index in [1.54, 1.807) is 0 Å². The normalized spacial score (nSPS) is 11.1. The van der Waals surface area contributed by atoms with Crippen LogP contribution in [0.25, 0.3) is 0 Å². The minimum Gasteiger partial charge on any atom is -0.379 e. The van der Waals surface area contributed by atoms with E-state index in [1.807, 2.05) is 38.1 Å². The van der Waals surface area contributed by atoms with Crippen LogP contribution in [0, 0.1) is 11.6 Å². The minimum absolute atomic E-state index is 0. The van der Waals surface area contributed by atoms with Crippen LogP contribution in [0.1, 0.15) is 30.5 Å². The molecule has 0 unspecified atom stereocenters. The van der Waals surface area contributed by atoms with Gasteiger partial charge in [-0.25, -0.2) is 13.8 Å². The van der Waals surface area contributed by atoms with Gasteiger partial charge >= 0.3 is 0 Å². The Hall–Kier alpha value is -1.78. The van der Waals surface area contributed by atoms with Gasteiger partial charge < -0.3 is 20.1 Å². The minimum atomic E-state index is -0.467.